The number of piperidine rings is 1. The molecule has 2 amide bonds. The van der Waals surface area contributed by atoms with Crippen molar-refractivity contribution in [2.24, 2.45) is 0 Å². The van der Waals surface area contributed by atoms with E-state index in [4.69, 9.17) is 14.0 Å². The third kappa shape index (κ3) is 4.78. The van der Waals surface area contributed by atoms with Crippen LogP contribution in [0.2, 0.25) is 0 Å². The Kier molecular flexibility index (Phi) is 6.88. The predicted octanol–water partition coefficient (Wildman–Crippen LogP) is 3.90. The van der Waals surface area contributed by atoms with Crippen LogP contribution in [0.4, 0.5) is 0 Å². The minimum absolute atomic E-state index is 0.0290. The highest BCUT2D eigenvalue weighted by Gasteiger charge is 2.32. The molecule has 0 unspecified atom stereocenters. The van der Waals surface area contributed by atoms with Crippen molar-refractivity contribution < 1.29 is 23.6 Å². The molecule has 0 radical (unpaired) electrons. The lowest BCUT2D eigenvalue weighted by Gasteiger charge is -2.31. The van der Waals surface area contributed by atoms with Crippen LogP contribution in [0, 0.1) is 0 Å². The molecule has 1 aromatic heterocycles. The number of benzene rings is 2. The number of carbonyl (C=O) groups excluding carboxylic acids is 2. The summed E-state index contributed by atoms with van der Waals surface area (Å²) in [6, 6.07) is 13.1. The van der Waals surface area contributed by atoms with Gasteiger partial charge in [0.2, 0.25) is 17.6 Å². The van der Waals surface area contributed by atoms with Gasteiger partial charge in [0.25, 0.3) is 5.91 Å². The van der Waals surface area contributed by atoms with E-state index in [2.05, 4.69) is 10.1 Å². The molecule has 1 saturated heterocycles. The predicted molar refractivity (Wildman–Crippen MR) is 132 cm³/mol. The normalized spacial score (nSPS) is 15.8. The van der Waals surface area contributed by atoms with Gasteiger partial charge in [-0.25, -0.2) is 0 Å². The van der Waals surface area contributed by atoms with E-state index < -0.39 is 0 Å². The van der Waals surface area contributed by atoms with Gasteiger partial charge in [-0.2, -0.15) is 4.98 Å². The lowest BCUT2D eigenvalue weighted by Crippen LogP contribution is -2.44. The number of aromatic nitrogens is 2. The van der Waals surface area contributed by atoms with E-state index in [9.17, 15) is 9.59 Å². The lowest BCUT2D eigenvalue weighted by molar-refractivity contribution is -0.133. The molecule has 2 aliphatic rings. The summed E-state index contributed by atoms with van der Waals surface area (Å²) in [7, 11) is 0. The Balaban J connectivity index is 1.18. The van der Waals surface area contributed by atoms with E-state index >= 15 is 0 Å². The van der Waals surface area contributed by atoms with Gasteiger partial charge in [0.1, 0.15) is 6.54 Å². The van der Waals surface area contributed by atoms with Crippen LogP contribution in [0.1, 0.15) is 54.4 Å². The van der Waals surface area contributed by atoms with Crippen LogP contribution in [-0.2, 0) is 11.3 Å². The summed E-state index contributed by atoms with van der Waals surface area (Å²) in [5.41, 5.74) is 2.46. The lowest BCUT2D eigenvalue weighted by atomic mass is 9.96. The maximum atomic E-state index is 12.9. The molecule has 0 bridgehead atoms. The zero-order chi connectivity index (χ0) is 25.1. The highest BCUT2D eigenvalue weighted by atomic mass is 16.5. The Hall–Kier alpha value is -3.88. The average molecular weight is 491 g/mol. The number of fused-ring (bicyclic) bond motifs is 1. The van der Waals surface area contributed by atoms with Crippen LogP contribution >= 0.6 is 0 Å². The molecule has 0 spiro atoms. The van der Waals surface area contributed by atoms with E-state index in [1.54, 1.807) is 4.90 Å². The Morgan fingerprint density at radius 2 is 1.81 bits per heavy atom. The molecule has 188 valence electrons. The maximum Gasteiger partial charge on any atom is 0.254 e. The largest absolute Gasteiger partial charge is 0.490 e. The van der Waals surface area contributed by atoms with Gasteiger partial charge in [-0.05, 0) is 56.5 Å². The fraction of sp³-hybridized carbons (Fsp3) is 0.407. The molecule has 2 aromatic carbocycles. The summed E-state index contributed by atoms with van der Waals surface area (Å²) in [6.45, 7) is 6.70. The first-order chi connectivity index (χ1) is 17.6. The molecule has 1 fully saturated rings. The number of rotatable bonds is 8. The molecule has 0 saturated carbocycles. The van der Waals surface area contributed by atoms with Crippen molar-refractivity contribution in [2.75, 3.05) is 32.8 Å². The fourth-order valence-corrected chi connectivity index (χ4v) is 4.79. The third-order valence-electron chi connectivity index (χ3n) is 6.66. The van der Waals surface area contributed by atoms with Crippen LogP contribution in [0.25, 0.3) is 11.4 Å². The minimum atomic E-state index is -0.0750. The van der Waals surface area contributed by atoms with E-state index in [-0.39, 0.29) is 24.3 Å². The monoisotopic (exact) mass is 490 g/mol. The van der Waals surface area contributed by atoms with Crippen LogP contribution < -0.4 is 9.47 Å². The Morgan fingerprint density at radius 1 is 1.06 bits per heavy atom. The number of nitrogens with zero attached hydrogens (tertiary/aromatic N) is 4. The third-order valence-corrected chi connectivity index (χ3v) is 6.66. The van der Waals surface area contributed by atoms with Crippen molar-refractivity contribution in [3.8, 4) is 22.9 Å². The number of carbonyl (C=O) groups is 2. The van der Waals surface area contributed by atoms with E-state index in [1.165, 1.54) is 0 Å². The summed E-state index contributed by atoms with van der Waals surface area (Å²) < 4.78 is 16.9. The molecule has 0 N–H and O–H groups in total. The van der Waals surface area contributed by atoms with Crippen molar-refractivity contribution in [2.45, 2.75) is 39.2 Å². The van der Waals surface area contributed by atoms with Crippen LogP contribution in [0.3, 0.4) is 0 Å². The topological polar surface area (TPSA) is 98.0 Å². The molecular formula is C27H30N4O5. The zero-order valence-corrected chi connectivity index (χ0v) is 20.6. The molecule has 0 aliphatic carbocycles. The highest BCUT2D eigenvalue weighted by molar-refractivity contribution is 6.00. The van der Waals surface area contributed by atoms with Crippen LogP contribution in [0.15, 0.2) is 47.0 Å². The number of hydrogen-bond donors (Lipinski definition) is 0. The molecule has 3 aromatic rings. The van der Waals surface area contributed by atoms with Gasteiger partial charge in [-0.15, -0.1) is 0 Å². The number of hydrogen-bond acceptors (Lipinski definition) is 7. The van der Waals surface area contributed by atoms with Crippen LogP contribution in [-0.4, -0.2) is 64.6 Å². The summed E-state index contributed by atoms with van der Waals surface area (Å²) in [5, 5.41) is 4.18. The number of ether oxygens (including phenoxy) is 2. The van der Waals surface area contributed by atoms with Crippen molar-refractivity contribution >= 4 is 11.8 Å². The van der Waals surface area contributed by atoms with Gasteiger partial charge in [0.05, 0.1) is 13.2 Å². The van der Waals surface area contributed by atoms with E-state index in [0.717, 1.165) is 24.0 Å². The first kappa shape index (κ1) is 23.8. The average Bonchev–Trinajstić information content (AvgIpc) is 3.51. The standard InChI is InChI=1S/C27H30N4O5/c1-3-34-22-10-9-19(15-23(22)35-4-2)25-28-26(36-29-25)18-11-13-30(14-12-18)24(32)17-31-16-20-7-5-6-8-21(20)27(31)33/h5-10,15,18H,3-4,11-14,16-17H2,1-2H3. The first-order valence-corrected chi connectivity index (χ1v) is 12.5. The van der Waals surface area contributed by atoms with Crippen molar-refractivity contribution in [3.63, 3.8) is 0 Å². The molecule has 36 heavy (non-hydrogen) atoms. The van der Waals surface area contributed by atoms with Gasteiger partial charge in [0, 0.05) is 36.7 Å². The van der Waals surface area contributed by atoms with Gasteiger partial charge in [0.15, 0.2) is 11.5 Å². The molecule has 5 rings (SSSR count). The van der Waals surface area contributed by atoms with Gasteiger partial charge in [-0.1, -0.05) is 23.4 Å². The van der Waals surface area contributed by atoms with Crippen molar-refractivity contribution in [3.05, 3.63) is 59.5 Å². The van der Waals surface area contributed by atoms with Gasteiger partial charge in [-0.3, -0.25) is 9.59 Å². The van der Waals surface area contributed by atoms with Crippen molar-refractivity contribution in [1.82, 2.24) is 19.9 Å². The molecule has 9 nitrogen and oxygen atoms in total. The molecular weight excluding hydrogens is 460 g/mol. The smallest absolute Gasteiger partial charge is 0.254 e. The summed E-state index contributed by atoms with van der Waals surface area (Å²) in [4.78, 5) is 33.6. The highest BCUT2D eigenvalue weighted by Crippen LogP contribution is 2.34. The number of likely N-dealkylation sites (tertiary alicyclic amines) is 1. The van der Waals surface area contributed by atoms with Gasteiger partial charge >= 0.3 is 0 Å². The molecule has 3 heterocycles. The van der Waals surface area contributed by atoms with Gasteiger partial charge < -0.3 is 23.8 Å². The second kappa shape index (κ2) is 10.4. The first-order valence-electron chi connectivity index (χ1n) is 12.5. The summed E-state index contributed by atoms with van der Waals surface area (Å²) >= 11 is 0. The minimum Gasteiger partial charge on any atom is -0.490 e. The Labute approximate surface area is 210 Å². The second-order valence-corrected chi connectivity index (χ2v) is 8.96. The quantitative estimate of drug-likeness (QED) is 0.472. The molecule has 2 aliphatic heterocycles. The second-order valence-electron chi connectivity index (χ2n) is 8.96. The summed E-state index contributed by atoms with van der Waals surface area (Å²) in [5.74, 6) is 2.39. The Bertz CT molecular complexity index is 1250. The number of amides is 2. The zero-order valence-electron chi connectivity index (χ0n) is 20.6. The fourth-order valence-electron chi connectivity index (χ4n) is 4.79. The van der Waals surface area contributed by atoms with E-state index in [0.29, 0.717) is 61.6 Å². The van der Waals surface area contributed by atoms with Crippen molar-refractivity contribution in [1.29, 1.82) is 0 Å². The van der Waals surface area contributed by atoms with Crippen LogP contribution in [0.5, 0.6) is 11.5 Å². The molecule has 9 heteroatoms. The summed E-state index contributed by atoms with van der Waals surface area (Å²) in [6.07, 6.45) is 1.46. The Morgan fingerprint density at radius 3 is 2.56 bits per heavy atom. The maximum absolute atomic E-state index is 12.9. The SMILES string of the molecule is CCOc1ccc(-c2noc(C3CCN(C(=O)CN4Cc5ccccc5C4=O)CC3)n2)cc1OCC. The van der Waals surface area contributed by atoms with E-state index in [1.807, 2.05) is 61.2 Å². The molecule has 0 atom stereocenters.